The lowest BCUT2D eigenvalue weighted by Gasteiger charge is -2.07. The molecular weight excluding hydrogens is 342 g/mol. The van der Waals surface area contributed by atoms with Crippen molar-refractivity contribution in [3.8, 4) is 0 Å². The summed E-state index contributed by atoms with van der Waals surface area (Å²) in [6.45, 7) is 0.224. The van der Waals surface area contributed by atoms with Crippen LogP contribution in [0.5, 0.6) is 0 Å². The van der Waals surface area contributed by atoms with Crippen molar-refractivity contribution in [3.05, 3.63) is 59.8 Å². The summed E-state index contributed by atoms with van der Waals surface area (Å²) in [4.78, 5) is 12.3. The van der Waals surface area contributed by atoms with Gasteiger partial charge in [0.05, 0.1) is 11.3 Å². The molecule has 0 radical (unpaired) electrons. The van der Waals surface area contributed by atoms with E-state index in [2.05, 4.69) is 15.2 Å². The summed E-state index contributed by atoms with van der Waals surface area (Å²) in [6.07, 6.45) is 0.0888. The highest BCUT2D eigenvalue weighted by molar-refractivity contribution is 7.89. The fourth-order valence-corrected chi connectivity index (χ4v) is 3.22. The molecule has 3 aromatic rings. The summed E-state index contributed by atoms with van der Waals surface area (Å²) >= 11 is 0. The first kappa shape index (κ1) is 17.1. The molecule has 0 atom stereocenters. The van der Waals surface area contributed by atoms with E-state index in [1.165, 1.54) is 19.2 Å². The van der Waals surface area contributed by atoms with Crippen LogP contribution in [0.15, 0.2) is 57.9 Å². The zero-order valence-electron chi connectivity index (χ0n) is 13.5. The summed E-state index contributed by atoms with van der Waals surface area (Å²) < 4.78 is 31.1. The van der Waals surface area contributed by atoms with Crippen molar-refractivity contribution < 1.29 is 17.7 Å². The predicted octanol–water partition coefficient (Wildman–Crippen LogP) is 1.59. The standard InChI is InChI=1S/C17H17N3O4S/c1-18-25(22,23)13-6-4-5-12(9-13)11-19-17(21)10-15-14-7-2-3-8-16(14)24-20-15/h2-9,18H,10-11H2,1H3,(H,19,21). The lowest BCUT2D eigenvalue weighted by molar-refractivity contribution is -0.120. The molecule has 0 unspecified atom stereocenters. The van der Waals surface area contributed by atoms with E-state index in [1.807, 2.05) is 18.2 Å². The second-order valence-corrected chi connectivity index (χ2v) is 7.32. The molecule has 0 saturated carbocycles. The Kier molecular flexibility index (Phi) is 4.82. The quantitative estimate of drug-likeness (QED) is 0.696. The number of rotatable bonds is 6. The van der Waals surface area contributed by atoms with Gasteiger partial charge in [0.15, 0.2) is 5.58 Å². The minimum atomic E-state index is -3.51. The van der Waals surface area contributed by atoms with Crippen molar-refractivity contribution >= 4 is 26.9 Å². The van der Waals surface area contributed by atoms with Crippen LogP contribution in [0.1, 0.15) is 11.3 Å². The maximum atomic E-state index is 12.1. The van der Waals surface area contributed by atoms with Gasteiger partial charge in [-0.25, -0.2) is 13.1 Å². The van der Waals surface area contributed by atoms with Gasteiger partial charge in [0, 0.05) is 11.9 Å². The van der Waals surface area contributed by atoms with Gasteiger partial charge in [-0.15, -0.1) is 0 Å². The van der Waals surface area contributed by atoms with Crippen LogP contribution >= 0.6 is 0 Å². The minimum absolute atomic E-state index is 0.0888. The van der Waals surface area contributed by atoms with Gasteiger partial charge in [-0.05, 0) is 36.9 Å². The Morgan fingerprint density at radius 2 is 1.96 bits per heavy atom. The Morgan fingerprint density at radius 3 is 2.76 bits per heavy atom. The predicted molar refractivity (Wildman–Crippen MR) is 92.2 cm³/mol. The maximum absolute atomic E-state index is 12.1. The molecule has 0 bridgehead atoms. The minimum Gasteiger partial charge on any atom is -0.356 e. The molecule has 1 amide bonds. The third-order valence-corrected chi connectivity index (χ3v) is 5.16. The number of hydrogen-bond acceptors (Lipinski definition) is 5. The number of para-hydroxylation sites is 1. The largest absolute Gasteiger partial charge is 0.356 e. The van der Waals surface area contributed by atoms with Gasteiger partial charge < -0.3 is 9.84 Å². The topological polar surface area (TPSA) is 101 Å². The monoisotopic (exact) mass is 359 g/mol. The lowest BCUT2D eigenvalue weighted by Crippen LogP contribution is -2.25. The first-order valence-corrected chi connectivity index (χ1v) is 9.10. The number of sulfonamides is 1. The second kappa shape index (κ2) is 7.04. The van der Waals surface area contributed by atoms with Crippen LogP contribution in [0.3, 0.4) is 0 Å². The van der Waals surface area contributed by atoms with E-state index in [9.17, 15) is 13.2 Å². The average Bonchev–Trinajstić information content (AvgIpc) is 3.03. The Balaban J connectivity index is 1.66. The number of carbonyl (C=O) groups is 1. The number of amides is 1. The van der Waals surface area contributed by atoms with Gasteiger partial charge in [-0.2, -0.15) is 0 Å². The van der Waals surface area contributed by atoms with Crippen LogP contribution in [0.2, 0.25) is 0 Å². The van der Waals surface area contributed by atoms with Crippen LogP contribution in [0.25, 0.3) is 11.0 Å². The van der Waals surface area contributed by atoms with Gasteiger partial charge in [-0.3, -0.25) is 4.79 Å². The molecule has 2 aromatic carbocycles. The van der Waals surface area contributed by atoms with E-state index in [0.717, 1.165) is 5.39 Å². The molecule has 8 heteroatoms. The van der Waals surface area contributed by atoms with E-state index in [1.54, 1.807) is 18.2 Å². The van der Waals surface area contributed by atoms with Crippen LogP contribution in [0.4, 0.5) is 0 Å². The summed E-state index contributed by atoms with van der Waals surface area (Å²) in [7, 11) is -2.16. The zero-order chi connectivity index (χ0) is 17.9. The Morgan fingerprint density at radius 1 is 1.16 bits per heavy atom. The first-order valence-electron chi connectivity index (χ1n) is 7.62. The van der Waals surface area contributed by atoms with Crippen molar-refractivity contribution in [2.45, 2.75) is 17.9 Å². The van der Waals surface area contributed by atoms with Gasteiger partial charge in [0.25, 0.3) is 0 Å². The third-order valence-electron chi connectivity index (χ3n) is 3.75. The summed E-state index contributed by atoms with van der Waals surface area (Å²) in [5, 5.41) is 7.49. The van der Waals surface area contributed by atoms with E-state index >= 15 is 0 Å². The van der Waals surface area contributed by atoms with Crippen LogP contribution < -0.4 is 10.0 Å². The molecule has 0 fully saturated rings. The Labute approximate surface area is 145 Å². The molecule has 0 aliphatic rings. The number of hydrogen-bond donors (Lipinski definition) is 2. The van der Waals surface area contributed by atoms with Crippen molar-refractivity contribution in [2.24, 2.45) is 0 Å². The smallest absolute Gasteiger partial charge is 0.240 e. The lowest BCUT2D eigenvalue weighted by atomic mass is 10.1. The number of carbonyl (C=O) groups excluding carboxylic acids is 1. The Bertz CT molecular complexity index is 1010. The molecule has 1 aromatic heterocycles. The molecular formula is C17H17N3O4S. The average molecular weight is 359 g/mol. The highest BCUT2D eigenvalue weighted by Gasteiger charge is 2.13. The van der Waals surface area contributed by atoms with Crippen molar-refractivity contribution in [3.63, 3.8) is 0 Å². The van der Waals surface area contributed by atoms with E-state index in [4.69, 9.17) is 4.52 Å². The summed E-state index contributed by atoms with van der Waals surface area (Å²) in [5.74, 6) is -0.221. The van der Waals surface area contributed by atoms with Gasteiger partial charge >= 0.3 is 0 Å². The molecule has 0 saturated heterocycles. The van der Waals surface area contributed by atoms with Crippen LogP contribution in [0, 0.1) is 0 Å². The van der Waals surface area contributed by atoms with Crippen molar-refractivity contribution in [2.75, 3.05) is 7.05 Å². The molecule has 7 nitrogen and oxygen atoms in total. The molecule has 0 spiro atoms. The second-order valence-electron chi connectivity index (χ2n) is 5.43. The highest BCUT2D eigenvalue weighted by atomic mass is 32.2. The molecule has 0 aliphatic heterocycles. The van der Waals surface area contributed by atoms with E-state index in [-0.39, 0.29) is 23.8 Å². The summed E-state index contributed by atoms with van der Waals surface area (Å²) in [5.41, 5.74) is 1.89. The number of aromatic nitrogens is 1. The third kappa shape index (κ3) is 3.86. The number of nitrogens with one attached hydrogen (secondary N) is 2. The Hall–Kier alpha value is -2.71. The zero-order valence-corrected chi connectivity index (χ0v) is 14.3. The van der Waals surface area contributed by atoms with Gasteiger partial charge in [-0.1, -0.05) is 29.4 Å². The molecule has 2 N–H and O–H groups in total. The summed E-state index contributed by atoms with van der Waals surface area (Å²) in [6, 6.07) is 13.7. The van der Waals surface area contributed by atoms with Gasteiger partial charge in [0.1, 0.15) is 5.69 Å². The SMILES string of the molecule is CNS(=O)(=O)c1cccc(CNC(=O)Cc2noc3ccccc23)c1. The van der Waals surface area contributed by atoms with Crippen LogP contribution in [-0.4, -0.2) is 26.5 Å². The number of fused-ring (bicyclic) bond motifs is 1. The first-order chi connectivity index (χ1) is 12.0. The number of benzene rings is 2. The van der Waals surface area contributed by atoms with Crippen molar-refractivity contribution in [1.29, 1.82) is 0 Å². The van der Waals surface area contributed by atoms with Gasteiger partial charge in [0.2, 0.25) is 15.9 Å². The van der Waals surface area contributed by atoms with Crippen LogP contribution in [-0.2, 0) is 27.8 Å². The fourth-order valence-electron chi connectivity index (χ4n) is 2.42. The molecule has 3 rings (SSSR count). The molecule has 0 aliphatic carbocycles. The maximum Gasteiger partial charge on any atom is 0.240 e. The fraction of sp³-hybridized carbons (Fsp3) is 0.176. The highest BCUT2D eigenvalue weighted by Crippen LogP contribution is 2.18. The van der Waals surface area contributed by atoms with E-state index < -0.39 is 10.0 Å². The van der Waals surface area contributed by atoms with E-state index in [0.29, 0.717) is 16.8 Å². The van der Waals surface area contributed by atoms with Crippen molar-refractivity contribution in [1.82, 2.24) is 15.2 Å². The molecule has 25 heavy (non-hydrogen) atoms. The molecule has 1 heterocycles. The number of nitrogens with zero attached hydrogens (tertiary/aromatic N) is 1. The normalized spacial score (nSPS) is 11.6. The molecule has 130 valence electrons.